The first-order valence-corrected chi connectivity index (χ1v) is 6.12. The zero-order valence-electron chi connectivity index (χ0n) is 10.0. The molecule has 0 radical (unpaired) electrons. The lowest BCUT2D eigenvalue weighted by molar-refractivity contribution is -0.116. The number of urea groups is 1. The molecular formula is C13H15N3O2. The maximum Gasteiger partial charge on any atom is 0.331 e. The number of imide groups is 1. The molecule has 5 nitrogen and oxygen atoms in total. The van der Waals surface area contributed by atoms with Gasteiger partial charge in [-0.3, -0.25) is 4.79 Å². The van der Waals surface area contributed by atoms with Crippen molar-refractivity contribution >= 4 is 23.3 Å². The Morgan fingerprint density at radius 1 is 1.17 bits per heavy atom. The van der Waals surface area contributed by atoms with Crippen LogP contribution in [0.25, 0.3) is 0 Å². The van der Waals surface area contributed by atoms with Crippen molar-refractivity contribution < 1.29 is 9.59 Å². The van der Waals surface area contributed by atoms with Gasteiger partial charge >= 0.3 is 6.03 Å². The molecule has 3 rings (SSSR count). The second kappa shape index (κ2) is 4.01. The molecule has 1 aromatic carbocycles. The number of carbonyl (C=O) groups is 2. The number of benzene rings is 1. The summed E-state index contributed by atoms with van der Waals surface area (Å²) in [6.45, 7) is 0.899. The Balaban J connectivity index is 1.80. The Kier molecular flexibility index (Phi) is 2.47. The molecule has 94 valence electrons. The van der Waals surface area contributed by atoms with E-state index in [1.54, 1.807) is 29.2 Å². The summed E-state index contributed by atoms with van der Waals surface area (Å²) in [4.78, 5) is 27.0. The molecular weight excluding hydrogens is 230 g/mol. The third kappa shape index (κ3) is 1.92. The lowest BCUT2D eigenvalue weighted by Crippen LogP contribution is -2.33. The molecule has 2 aliphatic rings. The van der Waals surface area contributed by atoms with Crippen molar-refractivity contribution in [2.45, 2.75) is 12.8 Å². The van der Waals surface area contributed by atoms with E-state index in [1.807, 2.05) is 0 Å². The average molecular weight is 245 g/mol. The number of amides is 3. The summed E-state index contributed by atoms with van der Waals surface area (Å²) in [5, 5.41) is 0. The normalized spacial score (nSPS) is 19.8. The number of nitrogens with zero attached hydrogens (tertiary/aromatic N) is 2. The molecule has 0 unspecified atom stereocenters. The predicted octanol–water partition coefficient (Wildman–Crippen LogP) is 1.45. The average Bonchev–Trinajstić information content (AvgIpc) is 3.10. The van der Waals surface area contributed by atoms with Crippen LogP contribution in [0.1, 0.15) is 12.8 Å². The van der Waals surface area contributed by atoms with Crippen molar-refractivity contribution in [1.82, 2.24) is 4.90 Å². The highest BCUT2D eigenvalue weighted by molar-refractivity contribution is 6.19. The van der Waals surface area contributed by atoms with Crippen LogP contribution in [-0.4, -0.2) is 29.9 Å². The van der Waals surface area contributed by atoms with Crippen LogP contribution in [0.4, 0.5) is 16.2 Å². The predicted molar refractivity (Wildman–Crippen MR) is 68.0 cm³/mol. The summed E-state index contributed by atoms with van der Waals surface area (Å²) in [7, 11) is 0. The molecule has 2 fully saturated rings. The highest BCUT2D eigenvalue weighted by Crippen LogP contribution is 2.31. The number of anilines is 2. The van der Waals surface area contributed by atoms with Gasteiger partial charge in [0.2, 0.25) is 0 Å². The number of carbonyl (C=O) groups excluding carboxylic acids is 2. The van der Waals surface area contributed by atoms with Gasteiger partial charge in [0, 0.05) is 12.2 Å². The highest BCUT2D eigenvalue weighted by atomic mass is 16.2. The molecule has 0 atom stereocenters. The van der Waals surface area contributed by atoms with E-state index in [2.05, 4.69) is 0 Å². The first kappa shape index (κ1) is 11.1. The molecule has 5 heteroatoms. The van der Waals surface area contributed by atoms with Crippen LogP contribution in [0.15, 0.2) is 24.3 Å². The minimum Gasteiger partial charge on any atom is -0.399 e. The second-order valence-corrected chi connectivity index (χ2v) is 4.93. The molecule has 0 bridgehead atoms. The fourth-order valence-corrected chi connectivity index (χ4v) is 2.18. The molecule has 1 saturated heterocycles. The first-order chi connectivity index (χ1) is 8.65. The molecule has 1 aliphatic heterocycles. The second-order valence-electron chi connectivity index (χ2n) is 4.93. The van der Waals surface area contributed by atoms with Gasteiger partial charge in [0.05, 0.1) is 5.69 Å². The van der Waals surface area contributed by atoms with E-state index in [-0.39, 0.29) is 18.5 Å². The summed E-state index contributed by atoms with van der Waals surface area (Å²) >= 11 is 0. The third-order valence-corrected chi connectivity index (χ3v) is 3.36. The van der Waals surface area contributed by atoms with Crippen LogP contribution in [0.3, 0.4) is 0 Å². The zero-order valence-corrected chi connectivity index (χ0v) is 10.0. The van der Waals surface area contributed by atoms with Crippen molar-refractivity contribution in [3.05, 3.63) is 24.3 Å². The molecule has 2 N–H and O–H groups in total. The minimum absolute atomic E-state index is 0.162. The molecule has 3 amide bonds. The number of rotatable bonds is 3. The summed E-state index contributed by atoms with van der Waals surface area (Å²) in [5.41, 5.74) is 6.81. The molecule has 0 aromatic heterocycles. The van der Waals surface area contributed by atoms with Gasteiger partial charge in [-0.25, -0.2) is 9.69 Å². The van der Waals surface area contributed by atoms with E-state index in [0.717, 1.165) is 0 Å². The van der Waals surface area contributed by atoms with Gasteiger partial charge in [-0.1, -0.05) is 0 Å². The van der Waals surface area contributed by atoms with Crippen LogP contribution < -0.4 is 10.6 Å². The molecule has 1 saturated carbocycles. The molecule has 0 spiro atoms. The largest absolute Gasteiger partial charge is 0.399 e. The van der Waals surface area contributed by atoms with Gasteiger partial charge in [-0.2, -0.15) is 0 Å². The van der Waals surface area contributed by atoms with E-state index in [9.17, 15) is 9.59 Å². The molecule has 1 aliphatic carbocycles. The summed E-state index contributed by atoms with van der Waals surface area (Å²) in [6, 6.07) is 6.58. The van der Waals surface area contributed by atoms with E-state index >= 15 is 0 Å². The van der Waals surface area contributed by atoms with E-state index in [0.29, 0.717) is 23.8 Å². The third-order valence-electron chi connectivity index (χ3n) is 3.36. The standard InChI is InChI=1S/C13H15N3O2/c14-10-3-5-11(6-4-10)16-12(17)8-15(13(16)18)7-9-1-2-9/h3-6,9H,1-2,7-8,14H2. The SMILES string of the molecule is Nc1ccc(N2C(=O)CN(CC3CC3)C2=O)cc1. The van der Waals surface area contributed by atoms with Crippen LogP contribution in [0.2, 0.25) is 0 Å². The minimum atomic E-state index is -0.211. The van der Waals surface area contributed by atoms with Crippen LogP contribution in [0.5, 0.6) is 0 Å². The van der Waals surface area contributed by atoms with E-state index in [4.69, 9.17) is 5.73 Å². The van der Waals surface area contributed by atoms with Crippen LogP contribution >= 0.6 is 0 Å². The van der Waals surface area contributed by atoms with Crippen molar-refractivity contribution in [1.29, 1.82) is 0 Å². The molecule has 1 heterocycles. The van der Waals surface area contributed by atoms with Gasteiger partial charge in [-0.15, -0.1) is 0 Å². The summed E-state index contributed by atoms with van der Waals surface area (Å²) < 4.78 is 0. The summed E-state index contributed by atoms with van der Waals surface area (Å²) in [5.74, 6) is 0.429. The molecule has 1 aromatic rings. The van der Waals surface area contributed by atoms with Gasteiger partial charge < -0.3 is 10.6 Å². The Morgan fingerprint density at radius 3 is 2.44 bits per heavy atom. The lowest BCUT2D eigenvalue weighted by Gasteiger charge is -2.16. The van der Waals surface area contributed by atoms with Gasteiger partial charge in [-0.05, 0) is 43.0 Å². The summed E-state index contributed by atoms with van der Waals surface area (Å²) in [6.07, 6.45) is 2.33. The number of hydrogen-bond donors (Lipinski definition) is 1. The van der Waals surface area contributed by atoms with Crippen LogP contribution in [-0.2, 0) is 4.79 Å². The quantitative estimate of drug-likeness (QED) is 0.647. The van der Waals surface area contributed by atoms with Crippen LogP contribution in [0, 0.1) is 5.92 Å². The van der Waals surface area contributed by atoms with Gasteiger partial charge in [0.15, 0.2) is 0 Å². The Labute approximate surface area is 105 Å². The fourth-order valence-electron chi connectivity index (χ4n) is 2.18. The highest BCUT2D eigenvalue weighted by Gasteiger charge is 2.39. The molecule has 18 heavy (non-hydrogen) atoms. The zero-order chi connectivity index (χ0) is 12.7. The Morgan fingerprint density at radius 2 is 1.83 bits per heavy atom. The van der Waals surface area contributed by atoms with Gasteiger partial charge in [0.25, 0.3) is 5.91 Å². The Hall–Kier alpha value is -2.04. The topological polar surface area (TPSA) is 66.6 Å². The number of hydrogen-bond acceptors (Lipinski definition) is 3. The van der Waals surface area contributed by atoms with Crippen molar-refractivity contribution in [2.24, 2.45) is 5.92 Å². The maximum absolute atomic E-state index is 12.2. The maximum atomic E-state index is 12.2. The van der Waals surface area contributed by atoms with E-state index < -0.39 is 0 Å². The van der Waals surface area contributed by atoms with Gasteiger partial charge in [0.1, 0.15) is 6.54 Å². The number of nitrogen functional groups attached to an aromatic ring is 1. The van der Waals surface area contributed by atoms with E-state index in [1.165, 1.54) is 17.7 Å². The van der Waals surface area contributed by atoms with Crippen molar-refractivity contribution in [3.63, 3.8) is 0 Å². The van der Waals surface area contributed by atoms with Crippen molar-refractivity contribution in [2.75, 3.05) is 23.7 Å². The number of nitrogens with two attached hydrogens (primary N) is 1. The smallest absolute Gasteiger partial charge is 0.331 e. The first-order valence-electron chi connectivity index (χ1n) is 6.12. The Bertz CT molecular complexity index is 493. The fraction of sp³-hybridized carbons (Fsp3) is 0.385. The van der Waals surface area contributed by atoms with Crippen molar-refractivity contribution in [3.8, 4) is 0 Å². The lowest BCUT2D eigenvalue weighted by atomic mass is 10.2. The monoisotopic (exact) mass is 245 g/mol.